The molecule has 6 nitrogen and oxygen atoms in total. The van der Waals surface area contributed by atoms with Gasteiger partial charge < -0.3 is 5.73 Å². The van der Waals surface area contributed by atoms with Crippen molar-refractivity contribution in [2.24, 2.45) is 5.73 Å². The van der Waals surface area contributed by atoms with Gasteiger partial charge >= 0.3 is 0 Å². The van der Waals surface area contributed by atoms with Gasteiger partial charge in [-0.25, -0.2) is 17.2 Å². The van der Waals surface area contributed by atoms with Crippen molar-refractivity contribution in [3.05, 3.63) is 29.8 Å². The van der Waals surface area contributed by atoms with E-state index in [0.717, 1.165) is 12.1 Å². The van der Waals surface area contributed by atoms with E-state index in [0.29, 0.717) is 6.07 Å². The number of amides is 1. The minimum Gasteiger partial charge on any atom is -0.368 e. The van der Waals surface area contributed by atoms with Gasteiger partial charge in [-0.3, -0.25) is 9.63 Å². The minimum atomic E-state index is -4.33. The number of carbonyl (C=O) groups excluding carboxylic acids is 1. The topological polar surface area (TPSA) is 98.5 Å². The molecule has 94 valence electrons. The van der Waals surface area contributed by atoms with Gasteiger partial charge in [0.1, 0.15) is 23.1 Å². The largest absolute Gasteiger partial charge is 0.368 e. The van der Waals surface area contributed by atoms with Gasteiger partial charge in [0, 0.05) is 6.07 Å². The van der Waals surface area contributed by atoms with Crippen LogP contribution in [0.3, 0.4) is 0 Å². The standard InChI is InChI=1S/C8H8F2N2O4S/c9-5-1-2-7(6(10)3-5)17(14,15)12-16-4-8(11)13/h1-3,12H,4H2,(H2,11,13). The van der Waals surface area contributed by atoms with Gasteiger partial charge in [-0.05, 0) is 12.1 Å². The van der Waals surface area contributed by atoms with E-state index >= 15 is 0 Å². The number of nitrogens with two attached hydrogens (primary N) is 1. The second-order valence-corrected chi connectivity index (χ2v) is 4.53. The lowest BCUT2D eigenvalue weighted by Gasteiger charge is -2.06. The number of rotatable bonds is 5. The zero-order valence-corrected chi connectivity index (χ0v) is 9.13. The normalized spacial score (nSPS) is 11.4. The Labute approximate surface area is 95.4 Å². The zero-order chi connectivity index (χ0) is 13.1. The van der Waals surface area contributed by atoms with Gasteiger partial charge in [0.05, 0.1) is 0 Å². The molecule has 0 aliphatic heterocycles. The predicted molar refractivity (Wildman–Crippen MR) is 51.8 cm³/mol. The number of nitrogens with one attached hydrogen (secondary N) is 1. The van der Waals surface area contributed by atoms with E-state index in [9.17, 15) is 22.0 Å². The van der Waals surface area contributed by atoms with Gasteiger partial charge in [-0.15, -0.1) is 0 Å². The number of primary amides is 1. The third kappa shape index (κ3) is 3.73. The molecule has 1 aromatic rings. The summed E-state index contributed by atoms with van der Waals surface area (Å²) in [5, 5.41) is 0. The van der Waals surface area contributed by atoms with Crippen LogP contribution in [0.5, 0.6) is 0 Å². The maximum absolute atomic E-state index is 13.1. The van der Waals surface area contributed by atoms with Crippen molar-refractivity contribution in [3.63, 3.8) is 0 Å². The molecule has 0 unspecified atom stereocenters. The molecular weight excluding hydrogens is 258 g/mol. The summed E-state index contributed by atoms with van der Waals surface area (Å²) < 4.78 is 48.5. The van der Waals surface area contributed by atoms with Gasteiger partial charge in [0.2, 0.25) is 5.91 Å². The Bertz CT molecular complexity index is 532. The SMILES string of the molecule is NC(=O)CONS(=O)(=O)c1ccc(F)cc1F. The summed E-state index contributed by atoms with van der Waals surface area (Å²) in [5.41, 5.74) is 4.69. The summed E-state index contributed by atoms with van der Waals surface area (Å²) in [6, 6.07) is 1.90. The summed E-state index contributed by atoms with van der Waals surface area (Å²) in [4.78, 5) is 15.2. The fourth-order valence-corrected chi connectivity index (χ4v) is 1.78. The second-order valence-electron chi connectivity index (χ2n) is 2.92. The molecule has 0 saturated carbocycles. The van der Waals surface area contributed by atoms with Crippen LogP contribution in [0.4, 0.5) is 8.78 Å². The highest BCUT2D eigenvalue weighted by molar-refractivity contribution is 7.89. The lowest BCUT2D eigenvalue weighted by Crippen LogP contribution is -2.30. The zero-order valence-electron chi connectivity index (χ0n) is 8.31. The quantitative estimate of drug-likeness (QED) is 0.712. The molecule has 1 amide bonds. The highest BCUT2D eigenvalue weighted by Gasteiger charge is 2.19. The average Bonchev–Trinajstić information content (AvgIpc) is 2.15. The Morgan fingerprint density at radius 3 is 2.59 bits per heavy atom. The first-order valence-corrected chi connectivity index (χ1v) is 5.68. The van der Waals surface area contributed by atoms with Crippen LogP contribution >= 0.6 is 0 Å². The third-order valence-electron chi connectivity index (χ3n) is 1.57. The van der Waals surface area contributed by atoms with Crippen LogP contribution in [0.2, 0.25) is 0 Å². The summed E-state index contributed by atoms with van der Waals surface area (Å²) in [5.74, 6) is -3.10. The lowest BCUT2D eigenvalue weighted by molar-refractivity contribution is -0.123. The van der Waals surface area contributed by atoms with E-state index in [-0.39, 0.29) is 0 Å². The first kappa shape index (κ1) is 13.5. The van der Waals surface area contributed by atoms with Gasteiger partial charge in [-0.1, -0.05) is 4.89 Å². The molecule has 9 heteroatoms. The maximum Gasteiger partial charge on any atom is 0.265 e. The van der Waals surface area contributed by atoms with Crippen molar-refractivity contribution in [1.82, 2.24) is 4.89 Å². The number of hydrogen-bond donors (Lipinski definition) is 2. The Hall–Kier alpha value is -1.58. The van der Waals surface area contributed by atoms with Crippen LogP contribution < -0.4 is 10.6 Å². The molecule has 17 heavy (non-hydrogen) atoms. The van der Waals surface area contributed by atoms with E-state index in [1.54, 1.807) is 0 Å². The first-order chi connectivity index (χ1) is 7.83. The van der Waals surface area contributed by atoms with Crippen molar-refractivity contribution >= 4 is 15.9 Å². The number of halogens is 2. The van der Waals surface area contributed by atoms with Crippen LogP contribution in [0.1, 0.15) is 0 Å². The van der Waals surface area contributed by atoms with Gasteiger partial charge in [0.25, 0.3) is 10.0 Å². The van der Waals surface area contributed by atoms with E-state index in [1.807, 2.05) is 0 Å². The van der Waals surface area contributed by atoms with Crippen molar-refractivity contribution in [3.8, 4) is 0 Å². The molecule has 0 aromatic heterocycles. The number of hydrogen-bond acceptors (Lipinski definition) is 4. The van der Waals surface area contributed by atoms with Crippen LogP contribution in [-0.2, 0) is 19.7 Å². The molecule has 0 aliphatic rings. The van der Waals surface area contributed by atoms with Crippen LogP contribution in [0.15, 0.2) is 23.1 Å². The monoisotopic (exact) mass is 266 g/mol. The summed E-state index contributed by atoms with van der Waals surface area (Å²) >= 11 is 0. The summed E-state index contributed by atoms with van der Waals surface area (Å²) in [6.07, 6.45) is 0. The lowest BCUT2D eigenvalue weighted by atomic mass is 10.3. The molecule has 0 saturated heterocycles. The molecule has 1 rings (SSSR count). The number of carbonyl (C=O) groups is 1. The van der Waals surface area contributed by atoms with Crippen molar-refractivity contribution in [1.29, 1.82) is 0 Å². The molecule has 3 N–H and O–H groups in total. The number of sulfonamides is 1. The molecule has 1 aromatic carbocycles. The van der Waals surface area contributed by atoms with Crippen molar-refractivity contribution in [2.75, 3.05) is 6.61 Å². The Balaban J connectivity index is 2.86. The molecule has 0 bridgehead atoms. The van der Waals surface area contributed by atoms with Crippen LogP contribution in [-0.4, -0.2) is 20.9 Å². The molecule has 0 heterocycles. The molecule has 0 aliphatic carbocycles. The fraction of sp³-hybridized carbons (Fsp3) is 0.125. The molecular formula is C8H8F2N2O4S. The average molecular weight is 266 g/mol. The van der Waals surface area contributed by atoms with Crippen molar-refractivity contribution < 1.29 is 26.8 Å². The Kier molecular flexibility index (Phi) is 4.10. The third-order valence-corrected chi connectivity index (χ3v) is 2.81. The predicted octanol–water partition coefficient (Wildman–Crippen LogP) is -0.340. The Morgan fingerprint density at radius 1 is 1.41 bits per heavy atom. The van der Waals surface area contributed by atoms with Gasteiger partial charge in [-0.2, -0.15) is 0 Å². The van der Waals surface area contributed by atoms with E-state index in [4.69, 9.17) is 0 Å². The summed E-state index contributed by atoms with van der Waals surface area (Å²) in [6.45, 7) is -0.706. The summed E-state index contributed by atoms with van der Waals surface area (Å²) in [7, 11) is -4.33. The number of benzene rings is 1. The molecule has 0 spiro atoms. The van der Waals surface area contributed by atoms with Crippen molar-refractivity contribution in [2.45, 2.75) is 4.90 Å². The first-order valence-electron chi connectivity index (χ1n) is 4.20. The van der Waals surface area contributed by atoms with E-state index in [2.05, 4.69) is 10.6 Å². The van der Waals surface area contributed by atoms with Gasteiger partial charge in [0.15, 0.2) is 0 Å². The van der Waals surface area contributed by atoms with Crippen LogP contribution in [0.25, 0.3) is 0 Å². The second kappa shape index (κ2) is 5.17. The highest BCUT2D eigenvalue weighted by atomic mass is 32.2. The van der Waals surface area contributed by atoms with Crippen LogP contribution in [0, 0.1) is 11.6 Å². The Morgan fingerprint density at radius 2 is 2.06 bits per heavy atom. The minimum absolute atomic E-state index is 0.405. The van der Waals surface area contributed by atoms with E-state index < -0.39 is 39.1 Å². The maximum atomic E-state index is 13.1. The molecule has 0 fully saturated rings. The fourth-order valence-electron chi connectivity index (χ4n) is 0.916. The molecule has 0 atom stereocenters. The molecule has 0 radical (unpaired) electrons. The highest BCUT2D eigenvalue weighted by Crippen LogP contribution is 2.14. The van der Waals surface area contributed by atoms with E-state index in [1.165, 1.54) is 4.89 Å². The smallest absolute Gasteiger partial charge is 0.265 e.